The predicted molar refractivity (Wildman–Crippen MR) is 142 cm³/mol. The third-order valence-corrected chi connectivity index (χ3v) is 9.26. The van der Waals surface area contributed by atoms with Crippen molar-refractivity contribution in [1.82, 2.24) is 14.7 Å². The van der Waals surface area contributed by atoms with Gasteiger partial charge in [-0.15, -0.1) is 0 Å². The van der Waals surface area contributed by atoms with Crippen LogP contribution in [0, 0.1) is 11.2 Å². The molecular weight excluding hydrogens is 539 g/mol. The molecule has 2 heterocycles. The minimum atomic E-state index is -4.45. The number of carbonyl (C=O) groups excluding carboxylic acids is 1. The Morgan fingerprint density at radius 3 is 2.57 bits per heavy atom. The summed E-state index contributed by atoms with van der Waals surface area (Å²) < 4.78 is 40.9. The van der Waals surface area contributed by atoms with E-state index in [1.54, 1.807) is 18.3 Å². The third-order valence-electron chi connectivity index (χ3n) is 6.31. The van der Waals surface area contributed by atoms with Crippen LogP contribution in [0.15, 0.2) is 63.5 Å². The molecule has 0 radical (unpaired) electrons. The number of nitrogens with zero attached hydrogens (tertiary/aromatic N) is 3. The lowest BCUT2D eigenvalue weighted by molar-refractivity contribution is 0.0981. The van der Waals surface area contributed by atoms with E-state index in [0.717, 1.165) is 49.8 Å². The first-order valence-corrected chi connectivity index (χ1v) is 14.1. The van der Waals surface area contributed by atoms with Crippen LogP contribution in [0.3, 0.4) is 0 Å². The van der Waals surface area contributed by atoms with E-state index in [-0.39, 0.29) is 21.8 Å². The van der Waals surface area contributed by atoms with E-state index in [4.69, 9.17) is 23.1 Å². The first-order valence-electron chi connectivity index (χ1n) is 11.4. The summed E-state index contributed by atoms with van der Waals surface area (Å²) in [7, 11) is -4.45. The zero-order valence-electron chi connectivity index (χ0n) is 19.9. The monoisotopic (exact) mass is 564 g/mol. The van der Waals surface area contributed by atoms with Crippen molar-refractivity contribution < 1.29 is 17.6 Å². The zero-order valence-corrected chi connectivity index (χ0v) is 22.3. The average Bonchev–Trinajstić information content (AvgIpc) is 2.86. The van der Waals surface area contributed by atoms with Crippen LogP contribution in [0.4, 0.5) is 16.0 Å². The fourth-order valence-corrected chi connectivity index (χ4v) is 6.04. The van der Waals surface area contributed by atoms with Crippen molar-refractivity contribution in [2.45, 2.75) is 34.6 Å². The molecule has 0 unspecified atom stereocenters. The van der Waals surface area contributed by atoms with Crippen molar-refractivity contribution in [1.29, 1.82) is 0 Å². The highest BCUT2D eigenvalue weighted by atomic mass is 35.5. The summed E-state index contributed by atoms with van der Waals surface area (Å²) in [6, 6.07) is 9.29. The Morgan fingerprint density at radius 1 is 1.22 bits per heavy atom. The maximum atomic E-state index is 14.0. The number of halogens is 2. The predicted octanol–water partition coefficient (Wildman–Crippen LogP) is 3.69. The van der Waals surface area contributed by atoms with Gasteiger partial charge in [0, 0.05) is 18.0 Å². The summed E-state index contributed by atoms with van der Waals surface area (Å²) >= 11 is 7.54. The minimum Gasteiger partial charge on any atom is -0.381 e. The van der Waals surface area contributed by atoms with Gasteiger partial charge in [-0.2, -0.15) is 0 Å². The van der Waals surface area contributed by atoms with E-state index in [9.17, 15) is 17.6 Å². The van der Waals surface area contributed by atoms with Gasteiger partial charge in [0.05, 0.1) is 16.8 Å². The Kier molecular flexibility index (Phi) is 7.93. The SMILES string of the molecule is CC1(CN)CCN(c2cnc(Sc3cccc(C(=O)NS(=O)(=O)c4ccccc4F)c3Cl)c(N)n2)CC1. The van der Waals surface area contributed by atoms with Gasteiger partial charge in [-0.25, -0.2) is 27.5 Å². The van der Waals surface area contributed by atoms with Gasteiger partial charge >= 0.3 is 0 Å². The number of hydrogen-bond acceptors (Lipinski definition) is 9. The molecule has 9 nitrogen and oxygen atoms in total. The Morgan fingerprint density at radius 2 is 1.92 bits per heavy atom. The first-order chi connectivity index (χ1) is 17.5. The van der Waals surface area contributed by atoms with Crippen LogP contribution in [0.25, 0.3) is 0 Å². The normalized spacial score (nSPS) is 15.4. The van der Waals surface area contributed by atoms with Crippen molar-refractivity contribution in [2.24, 2.45) is 11.1 Å². The largest absolute Gasteiger partial charge is 0.381 e. The van der Waals surface area contributed by atoms with Gasteiger partial charge in [-0.05, 0) is 49.1 Å². The maximum absolute atomic E-state index is 14.0. The van der Waals surface area contributed by atoms with Crippen molar-refractivity contribution in [2.75, 3.05) is 30.3 Å². The first kappa shape index (κ1) is 27.1. The van der Waals surface area contributed by atoms with Crippen LogP contribution in [-0.2, 0) is 10.0 Å². The molecule has 1 aromatic heterocycles. The summed E-state index contributed by atoms with van der Waals surface area (Å²) in [6.45, 7) is 4.41. The number of nitrogens with two attached hydrogens (primary N) is 2. The van der Waals surface area contributed by atoms with Crippen LogP contribution in [0.1, 0.15) is 30.1 Å². The highest BCUT2D eigenvalue weighted by Gasteiger charge is 2.30. The highest BCUT2D eigenvalue weighted by molar-refractivity contribution is 7.99. The molecule has 13 heteroatoms. The van der Waals surface area contributed by atoms with Gasteiger partial charge < -0.3 is 16.4 Å². The van der Waals surface area contributed by atoms with Gasteiger partial charge in [0.1, 0.15) is 21.6 Å². The molecule has 1 saturated heterocycles. The van der Waals surface area contributed by atoms with Crippen molar-refractivity contribution in [3.8, 4) is 0 Å². The third kappa shape index (κ3) is 5.98. The quantitative estimate of drug-likeness (QED) is 0.391. The number of rotatable bonds is 7. The Hall–Kier alpha value is -2.93. The summed E-state index contributed by atoms with van der Waals surface area (Å²) in [5.74, 6) is -1.12. The summed E-state index contributed by atoms with van der Waals surface area (Å²) in [5.41, 5.74) is 12.1. The zero-order chi connectivity index (χ0) is 26.8. The summed E-state index contributed by atoms with van der Waals surface area (Å²) in [5, 5.41) is 0.377. The topological polar surface area (TPSA) is 144 Å². The standard InChI is InChI=1S/C24H26ClFN6O3S2/c1-24(14-27)9-11-32(12-10-24)19-13-29-23(21(28)30-19)36-17-7-4-5-15(20(17)25)22(33)31-37(34,35)18-8-3-2-6-16(18)26/h2-8,13H,9-12,14,27H2,1H3,(H2,28,30)(H,31,33). The second-order valence-corrected chi connectivity index (χ2v) is 12.1. The van der Waals surface area contributed by atoms with E-state index >= 15 is 0 Å². The molecule has 1 amide bonds. The van der Waals surface area contributed by atoms with E-state index in [1.165, 1.54) is 18.2 Å². The average molecular weight is 565 g/mol. The van der Waals surface area contributed by atoms with Crippen molar-refractivity contribution in [3.63, 3.8) is 0 Å². The Labute approximate surface area is 223 Å². The molecule has 4 rings (SSSR count). The lowest BCUT2D eigenvalue weighted by atomic mass is 9.80. The lowest BCUT2D eigenvalue weighted by Gasteiger charge is -2.39. The van der Waals surface area contributed by atoms with Crippen LogP contribution < -0.4 is 21.1 Å². The van der Waals surface area contributed by atoms with Gasteiger partial charge in [-0.3, -0.25) is 4.79 Å². The van der Waals surface area contributed by atoms with Crippen molar-refractivity contribution >= 4 is 50.9 Å². The Bertz CT molecular complexity index is 1430. The van der Waals surface area contributed by atoms with Gasteiger partial charge in [-0.1, -0.05) is 48.5 Å². The number of anilines is 2. The molecule has 37 heavy (non-hydrogen) atoms. The highest BCUT2D eigenvalue weighted by Crippen LogP contribution is 2.37. The molecule has 3 aromatic rings. The van der Waals surface area contributed by atoms with Gasteiger partial charge in [0.25, 0.3) is 15.9 Å². The van der Waals surface area contributed by atoms with Crippen LogP contribution >= 0.6 is 23.4 Å². The number of hydrogen-bond donors (Lipinski definition) is 3. The van der Waals surface area contributed by atoms with Crippen LogP contribution in [0.5, 0.6) is 0 Å². The van der Waals surface area contributed by atoms with Crippen LogP contribution in [-0.4, -0.2) is 43.9 Å². The Balaban J connectivity index is 1.50. The van der Waals surface area contributed by atoms with E-state index in [1.807, 2.05) is 4.72 Å². The molecule has 0 aliphatic carbocycles. The molecule has 196 valence electrons. The molecule has 0 spiro atoms. The number of benzene rings is 2. The van der Waals surface area contributed by atoms with Crippen molar-refractivity contribution in [3.05, 3.63) is 65.1 Å². The van der Waals surface area contributed by atoms with Gasteiger partial charge in [0.2, 0.25) is 0 Å². The molecule has 0 atom stereocenters. The second kappa shape index (κ2) is 10.8. The fourth-order valence-electron chi connectivity index (χ4n) is 3.86. The number of sulfonamides is 1. The summed E-state index contributed by atoms with van der Waals surface area (Å²) in [6.07, 6.45) is 3.52. The number of aromatic nitrogens is 2. The number of nitrogen functional groups attached to an aromatic ring is 1. The number of nitrogens with one attached hydrogen (secondary N) is 1. The molecule has 0 saturated carbocycles. The molecule has 5 N–H and O–H groups in total. The second-order valence-electron chi connectivity index (χ2n) is 9.01. The van der Waals surface area contributed by atoms with Gasteiger partial charge in [0.15, 0.2) is 5.82 Å². The fraction of sp³-hybridized carbons (Fsp3) is 0.292. The lowest BCUT2D eigenvalue weighted by Crippen LogP contribution is -2.42. The van der Waals surface area contributed by atoms with E-state index < -0.39 is 26.6 Å². The molecule has 1 aliphatic rings. The number of piperidine rings is 1. The van der Waals surface area contributed by atoms with E-state index in [2.05, 4.69) is 21.8 Å². The maximum Gasteiger partial charge on any atom is 0.267 e. The number of amides is 1. The minimum absolute atomic E-state index is 0.00360. The molecule has 0 bridgehead atoms. The molecule has 1 fully saturated rings. The summed E-state index contributed by atoms with van der Waals surface area (Å²) in [4.78, 5) is 23.6. The number of carbonyl (C=O) groups is 1. The molecule has 2 aromatic carbocycles. The molecular formula is C24H26ClFN6O3S2. The van der Waals surface area contributed by atoms with E-state index in [0.29, 0.717) is 22.3 Å². The van der Waals surface area contributed by atoms with Crippen LogP contribution in [0.2, 0.25) is 5.02 Å². The molecule has 1 aliphatic heterocycles. The smallest absolute Gasteiger partial charge is 0.267 e.